The summed E-state index contributed by atoms with van der Waals surface area (Å²) in [4.78, 5) is 4.91. The lowest BCUT2D eigenvalue weighted by molar-refractivity contribution is 0.368. The molecule has 0 saturated carbocycles. The first-order chi connectivity index (χ1) is 14.2. The van der Waals surface area contributed by atoms with Gasteiger partial charge in [0.05, 0.1) is 11.1 Å². The number of aliphatic imine (C=N–C) groups is 1. The first-order valence-corrected chi connectivity index (χ1v) is 10.1. The second-order valence-electron chi connectivity index (χ2n) is 6.82. The number of hydrogen-bond acceptors (Lipinski definition) is 3. The molecule has 1 unspecified atom stereocenters. The molecule has 3 aromatic rings. The first-order valence-electron chi connectivity index (χ1n) is 9.37. The van der Waals surface area contributed by atoms with E-state index in [-0.39, 0.29) is 12.6 Å². The van der Waals surface area contributed by atoms with Gasteiger partial charge in [-0.2, -0.15) is 5.26 Å². The van der Waals surface area contributed by atoms with Crippen molar-refractivity contribution in [3.05, 3.63) is 87.9 Å². The van der Waals surface area contributed by atoms with E-state index in [1.165, 1.54) is 5.56 Å². The Morgan fingerprint density at radius 1 is 0.966 bits per heavy atom. The zero-order valence-electron chi connectivity index (χ0n) is 15.6. The highest BCUT2D eigenvalue weighted by Gasteiger charge is 2.21. The van der Waals surface area contributed by atoms with E-state index in [1.54, 1.807) is 6.07 Å². The molecule has 1 aliphatic rings. The average molecular weight is 421 g/mol. The number of hydrogen-bond donors (Lipinski definition) is 0. The highest BCUT2D eigenvalue weighted by molar-refractivity contribution is 6.34. The molecule has 0 radical (unpaired) electrons. The lowest BCUT2D eigenvalue weighted by Gasteiger charge is -2.10. The second kappa shape index (κ2) is 8.69. The summed E-state index contributed by atoms with van der Waals surface area (Å²) in [5.74, 6) is 0.515. The Hall–Kier alpha value is -2.80. The largest absolute Gasteiger partial charge is 0.477 e. The molecule has 0 N–H and O–H groups in total. The number of halogens is 2. The molecule has 144 valence electrons. The molecular weight excluding hydrogens is 403 g/mol. The molecule has 0 saturated heterocycles. The Bertz CT molecular complexity index is 1100. The Balaban J connectivity index is 1.52. The van der Waals surface area contributed by atoms with Crippen molar-refractivity contribution in [3.8, 4) is 22.9 Å². The fraction of sp³-hybridized carbons (Fsp3) is 0.167. The zero-order chi connectivity index (χ0) is 20.2. The van der Waals surface area contributed by atoms with Crippen molar-refractivity contribution < 1.29 is 4.74 Å². The standard InChI is InChI=1S/C24H18Cl2N2O/c25-20-4-2-1-3-19(20)23-11-10-22(28-23)17-7-5-16(6-8-17)18-9-12-24(21(26)15-18)29-14-13-27/h1-9,12,15,22H,10-11,14H2. The van der Waals surface area contributed by atoms with Crippen molar-refractivity contribution >= 4 is 28.9 Å². The van der Waals surface area contributed by atoms with Crippen LogP contribution in [0.4, 0.5) is 0 Å². The lowest BCUT2D eigenvalue weighted by Crippen LogP contribution is -1.96. The van der Waals surface area contributed by atoms with Gasteiger partial charge in [0.1, 0.15) is 11.8 Å². The van der Waals surface area contributed by atoms with Crippen molar-refractivity contribution in [3.63, 3.8) is 0 Å². The van der Waals surface area contributed by atoms with Crippen LogP contribution in [0.25, 0.3) is 11.1 Å². The maximum Gasteiger partial charge on any atom is 0.174 e. The number of benzene rings is 3. The number of ether oxygens (including phenoxy) is 1. The van der Waals surface area contributed by atoms with Crippen molar-refractivity contribution in [2.24, 2.45) is 4.99 Å². The van der Waals surface area contributed by atoms with Crippen LogP contribution in [0.5, 0.6) is 5.75 Å². The predicted molar refractivity (Wildman–Crippen MR) is 118 cm³/mol. The third-order valence-corrected chi connectivity index (χ3v) is 5.63. The number of nitrogens with zero attached hydrogens (tertiary/aromatic N) is 2. The fourth-order valence-electron chi connectivity index (χ4n) is 3.54. The molecule has 0 amide bonds. The van der Waals surface area contributed by atoms with E-state index in [4.69, 9.17) is 38.2 Å². The third-order valence-electron chi connectivity index (χ3n) is 5.00. The van der Waals surface area contributed by atoms with E-state index in [2.05, 4.69) is 24.3 Å². The summed E-state index contributed by atoms with van der Waals surface area (Å²) in [6.07, 6.45) is 1.91. The molecule has 1 atom stereocenters. The van der Waals surface area contributed by atoms with Crippen LogP contribution < -0.4 is 4.74 Å². The maximum absolute atomic E-state index is 8.63. The maximum atomic E-state index is 8.63. The molecule has 0 aromatic heterocycles. The van der Waals surface area contributed by atoms with Gasteiger partial charge in [-0.1, -0.05) is 71.7 Å². The Morgan fingerprint density at radius 3 is 2.45 bits per heavy atom. The van der Waals surface area contributed by atoms with E-state index >= 15 is 0 Å². The van der Waals surface area contributed by atoms with Gasteiger partial charge in [0.25, 0.3) is 0 Å². The molecule has 0 spiro atoms. The van der Waals surface area contributed by atoms with Crippen LogP contribution >= 0.6 is 23.2 Å². The minimum absolute atomic E-state index is 0.0220. The number of rotatable bonds is 5. The third kappa shape index (κ3) is 4.29. The highest BCUT2D eigenvalue weighted by Crippen LogP contribution is 2.35. The molecule has 3 aromatic carbocycles. The Kier molecular flexibility index (Phi) is 5.85. The molecule has 4 rings (SSSR count). The molecule has 0 bridgehead atoms. The second-order valence-corrected chi connectivity index (χ2v) is 7.64. The summed E-state index contributed by atoms with van der Waals surface area (Å²) in [6, 6.07) is 23.9. The highest BCUT2D eigenvalue weighted by atomic mass is 35.5. The quantitative estimate of drug-likeness (QED) is 0.450. The average Bonchev–Trinajstić information content (AvgIpc) is 3.23. The minimum Gasteiger partial charge on any atom is -0.477 e. The van der Waals surface area contributed by atoms with Crippen molar-refractivity contribution in [2.75, 3.05) is 6.61 Å². The Morgan fingerprint density at radius 2 is 1.72 bits per heavy atom. The molecule has 0 aliphatic carbocycles. The lowest BCUT2D eigenvalue weighted by atomic mass is 9.99. The molecule has 29 heavy (non-hydrogen) atoms. The molecule has 3 nitrogen and oxygen atoms in total. The van der Waals surface area contributed by atoms with E-state index in [0.29, 0.717) is 10.8 Å². The van der Waals surface area contributed by atoms with Crippen molar-refractivity contribution in [1.29, 1.82) is 5.26 Å². The summed E-state index contributed by atoms with van der Waals surface area (Å²) in [6.45, 7) is -0.0220. The summed E-state index contributed by atoms with van der Waals surface area (Å²) < 4.78 is 5.30. The molecular formula is C24H18Cl2N2O. The van der Waals surface area contributed by atoms with E-state index in [1.807, 2.05) is 42.5 Å². The van der Waals surface area contributed by atoms with Gasteiger partial charge >= 0.3 is 0 Å². The van der Waals surface area contributed by atoms with Crippen LogP contribution in [0.3, 0.4) is 0 Å². The SMILES string of the molecule is N#CCOc1ccc(-c2ccc(C3CCC(c4ccccc4Cl)=N3)cc2)cc1Cl. The fourth-order valence-corrected chi connectivity index (χ4v) is 4.02. The first kappa shape index (κ1) is 19.5. The van der Waals surface area contributed by atoms with Crippen LogP contribution in [0, 0.1) is 11.3 Å². The van der Waals surface area contributed by atoms with Gasteiger partial charge in [-0.15, -0.1) is 0 Å². The van der Waals surface area contributed by atoms with Crippen LogP contribution in [0.15, 0.2) is 71.7 Å². The minimum atomic E-state index is -0.0220. The molecule has 1 heterocycles. The van der Waals surface area contributed by atoms with Crippen LogP contribution in [-0.4, -0.2) is 12.3 Å². The number of nitriles is 1. The van der Waals surface area contributed by atoms with Crippen LogP contribution in [0.1, 0.15) is 30.0 Å². The monoisotopic (exact) mass is 420 g/mol. The summed E-state index contributed by atoms with van der Waals surface area (Å²) in [5.41, 5.74) is 5.36. The predicted octanol–water partition coefficient (Wildman–Crippen LogP) is 6.89. The van der Waals surface area contributed by atoms with E-state index in [9.17, 15) is 0 Å². The van der Waals surface area contributed by atoms with Gasteiger partial charge in [0, 0.05) is 16.3 Å². The van der Waals surface area contributed by atoms with Gasteiger partial charge in [-0.25, -0.2) is 0 Å². The topological polar surface area (TPSA) is 45.4 Å². The summed E-state index contributed by atoms with van der Waals surface area (Å²) in [7, 11) is 0. The van der Waals surface area contributed by atoms with Gasteiger partial charge in [-0.05, 0) is 47.7 Å². The smallest absolute Gasteiger partial charge is 0.174 e. The van der Waals surface area contributed by atoms with Crippen molar-refractivity contribution in [1.82, 2.24) is 0 Å². The van der Waals surface area contributed by atoms with Gasteiger partial charge in [0.2, 0.25) is 0 Å². The van der Waals surface area contributed by atoms with Crippen LogP contribution in [-0.2, 0) is 0 Å². The Labute approximate surface area is 180 Å². The zero-order valence-corrected chi connectivity index (χ0v) is 17.1. The molecule has 0 fully saturated rings. The summed E-state index contributed by atoms with van der Waals surface area (Å²) >= 11 is 12.6. The summed E-state index contributed by atoms with van der Waals surface area (Å²) in [5, 5.41) is 9.87. The van der Waals surface area contributed by atoms with Crippen LogP contribution in [0.2, 0.25) is 10.0 Å². The van der Waals surface area contributed by atoms with Gasteiger partial charge < -0.3 is 4.74 Å². The van der Waals surface area contributed by atoms with E-state index in [0.717, 1.165) is 40.3 Å². The van der Waals surface area contributed by atoms with E-state index < -0.39 is 0 Å². The van der Waals surface area contributed by atoms with Crippen molar-refractivity contribution in [2.45, 2.75) is 18.9 Å². The van der Waals surface area contributed by atoms with Gasteiger partial charge in [0.15, 0.2) is 6.61 Å². The normalized spacial score (nSPS) is 15.6. The molecule has 5 heteroatoms. The van der Waals surface area contributed by atoms with Gasteiger partial charge in [-0.3, -0.25) is 4.99 Å². The molecule has 1 aliphatic heterocycles.